The van der Waals surface area contributed by atoms with Crippen LogP contribution < -0.4 is 5.32 Å². The van der Waals surface area contributed by atoms with Crippen molar-refractivity contribution in [3.8, 4) is 0 Å². The van der Waals surface area contributed by atoms with Crippen LogP contribution in [-0.2, 0) is 15.0 Å². The van der Waals surface area contributed by atoms with E-state index in [0.717, 1.165) is 37.7 Å². The molecule has 2 rings (SSSR count). The standard InChI is InChI=1S/C16H20FNO3/c17-13-6-4-12(5-7-13)16(9-2-1-3-10-16)15(21)18-11-8-14(19)20/h4-7H,1-3,8-11H2,(H,18,21)(H,19,20). The van der Waals surface area contributed by atoms with Crippen molar-refractivity contribution in [1.29, 1.82) is 0 Å². The molecule has 1 aromatic carbocycles. The number of aliphatic carboxylic acids is 1. The average Bonchev–Trinajstić information content (AvgIpc) is 2.48. The fraction of sp³-hybridized carbons (Fsp3) is 0.500. The third kappa shape index (κ3) is 3.60. The van der Waals surface area contributed by atoms with Gasteiger partial charge in [0.2, 0.25) is 5.91 Å². The number of nitrogens with one attached hydrogen (secondary N) is 1. The predicted molar refractivity (Wildman–Crippen MR) is 76.4 cm³/mol. The van der Waals surface area contributed by atoms with E-state index in [0.29, 0.717) is 0 Å². The molecule has 0 aromatic heterocycles. The van der Waals surface area contributed by atoms with E-state index in [1.165, 1.54) is 12.1 Å². The van der Waals surface area contributed by atoms with Crippen LogP contribution in [0.3, 0.4) is 0 Å². The van der Waals surface area contributed by atoms with Gasteiger partial charge in [-0.2, -0.15) is 0 Å². The van der Waals surface area contributed by atoms with Gasteiger partial charge in [-0.25, -0.2) is 4.39 Å². The summed E-state index contributed by atoms with van der Waals surface area (Å²) < 4.78 is 13.1. The fourth-order valence-electron chi connectivity index (χ4n) is 3.02. The fourth-order valence-corrected chi connectivity index (χ4v) is 3.02. The lowest BCUT2D eigenvalue weighted by Gasteiger charge is -2.36. The van der Waals surface area contributed by atoms with Crippen LogP contribution in [0.1, 0.15) is 44.1 Å². The van der Waals surface area contributed by atoms with Gasteiger partial charge in [0.15, 0.2) is 0 Å². The van der Waals surface area contributed by atoms with Gasteiger partial charge in [-0.05, 0) is 30.5 Å². The molecule has 5 heteroatoms. The van der Waals surface area contributed by atoms with Crippen LogP contribution in [-0.4, -0.2) is 23.5 Å². The van der Waals surface area contributed by atoms with Crippen molar-refractivity contribution < 1.29 is 19.1 Å². The molecule has 1 aliphatic rings. The van der Waals surface area contributed by atoms with E-state index in [2.05, 4.69) is 5.32 Å². The van der Waals surface area contributed by atoms with Crippen LogP contribution in [0.4, 0.5) is 4.39 Å². The number of carbonyl (C=O) groups excluding carboxylic acids is 1. The quantitative estimate of drug-likeness (QED) is 0.877. The number of amides is 1. The molecule has 4 nitrogen and oxygen atoms in total. The van der Waals surface area contributed by atoms with Gasteiger partial charge in [-0.1, -0.05) is 31.4 Å². The first-order chi connectivity index (χ1) is 10.0. The molecule has 0 saturated heterocycles. The molecule has 0 spiro atoms. The minimum Gasteiger partial charge on any atom is -0.481 e. The van der Waals surface area contributed by atoms with Crippen LogP contribution in [0.2, 0.25) is 0 Å². The minimum absolute atomic E-state index is 0.0920. The second-order valence-corrected chi connectivity index (χ2v) is 5.55. The highest BCUT2D eigenvalue weighted by atomic mass is 19.1. The molecular weight excluding hydrogens is 273 g/mol. The molecule has 0 atom stereocenters. The zero-order chi connectivity index (χ0) is 15.3. The SMILES string of the molecule is O=C(O)CCNC(=O)C1(c2ccc(F)cc2)CCCCC1. The molecule has 0 aliphatic heterocycles. The van der Waals surface area contributed by atoms with E-state index < -0.39 is 11.4 Å². The molecule has 114 valence electrons. The van der Waals surface area contributed by atoms with Crippen molar-refractivity contribution in [3.63, 3.8) is 0 Å². The Bertz CT molecular complexity index is 507. The van der Waals surface area contributed by atoms with E-state index in [1.807, 2.05) is 0 Å². The Morgan fingerprint density at radius 2 is 1.76 bits per heavy atom. The summed E-state index contributed by atoms with van der Waals surface area (Å²) in [6.45, 7) is 0.122. The topological polar surface area (TPSA) is 66.4 Å². The van der Waals surface area contributed by atoms with E-state index >= 15 is 0 Å². The summed E-state index contributed by atoms with van der Waals surface area (Å²) in [5.41, 5.74) is 0.168. The summed E-state index contributed by atoms with van der Waals surface area (Å²) in [5, 5.41) is 11.4. The summed E-state index contributed by atoms with van der Waals surface area (Å²) >= 11 is 0. The predicted octanol–water partition coefficient (Wildman–Crippen LogP) is 2.62. The maximum absolute atomic E-state index is 13.1. The van der Waals surface area contributed by atoms with Gasteiger partial charge in [0.05, 0.1) is 11.8 Å². The Hall–Kier alpha value is -1.91. The third-order valence-corrected chi connectivity index (χ3v) is 4.16. The third-order valence-electron chi connectivity index (χ3n) is 4.16. The lowest BCUT2D eigenvalue weighted by Crippen LogP contribution is -2.46. The number of carboxylic acids is 1. The van der Waals surface area contributed by atoms with Crippen LogP contribution >= 0.6 is 0 Å². The van der Waals surface area contributed by atoms with Gasteiger partial charge in [0.1, 0.15) is 5.82 Å². The molecular formula is C16H20FNO3. The first-order valence-corrected chi connectivity index (χ1v) is 7.31. The number of hydrogen-bond donors (Lipinski definition) is 2. The van der Waals surface area contributed by atoms with Crippen LogP contribution in [0.25, 0.3) is 0 Å². The van der Waals surface area contributed by atoms with Crippen LogP contribution in [0.5, 0.6) is 0 Å². The van der Waals surface area contributed by atoms with Gasteiger partial charge >= 0.3 is 5.97 Å². The molecule has 1 amide bonds. The van der Waals surface area contributed by atoms with Gasteiger partial charge in [-0.3, -0.25) is 9.59 Å². The molecule has 0 heterocycles. The molecule has 1 aliphatic carbocycles. The maximum Gasteiger partial charge on any atom is 0.305 e. The summed E-state index contributed by atoms with van der Waals surface area (Å²) in [7, 11) is 0. The van der Waals surface area contributed by atoms with Crippen molar-refractivity contribution in [3.05, 3.63) is 35.6 Å². The Morgan fingerprint density at radius 1 is 1.14 bits per heavy atom. The summed E-state index contributed by atoms with van der Waals surface area (Å²) in [6, 6.07) is 6.07. The first-order valence-electron chi connectivity index (χ1n) is 7.31. The Balaban J connectivity index is 2.18. The van der Waals surface area contributed by atoms with E-state index in [9.17, 15) is 14.0 Å². The van der Waals surface area contributed by atoms with Crippen molar-refractivity contribution in [2.45, 2.75) is 43.9 Å². The molecule has 0 radical (unpaired) electrons. The number of carbonyl (C=O) groups is 2. The van der Waals surface area contributed by atoms with E-state index in [-0.39, 0.29) is 24.7 Å². The number of carboxylic acid groups (broad SMARTS) is 1. The minimum atomic E-state index is -0.935. The Labute approximate surface area is 123 Å². The van der Waals surface area contributed by atoms with Gasteiger partial charge in [0, 0.05) is 6.54 Å². The Kier molecular flexibility index (Phi) is 4.94. The lowest BCUT2D eigenvalue weighted by atomic mass is 9.68. The average molecular weight is 293 g/mol. The zero-order valence-electron chi connectivity index (χ0n) is 11.9. The number of halogens is 1. The molecule has 21 heavy (non-hydrogen) atoms. The molecule has 2 N–H and O–H groups in total. The van der Waals surface area contributed by atoms with Crippen LogP contribution in [0.15, 0.2) is 24.3 Å². The van der Waals surface area contributed by atoms with Crippen molar-refractivity contribution >= 4 is 11.9 Å². The zero-order valence-corrected chi connectivity index (χ0v) is 11.9. The molecule has 1 aromatic rings. The van der Waals surface area contributed by atoms with Gasteiger partial charge in [-0.15, -0.1) is 0 Å². The van der Waals surface area contributed by atoms with Crippen molar-refractivity contribution in [2.24, 2.45) is 0 Å². The summed E-state index contributed by atoms with van der Waals surface area (Å²) in [4.78, 5) is 23.1. The molecule has 0 bridgehead atoms. The highest BCUT2D eigenvalue weighted by Gasteiger charge is 2.40. The monoisotopic (exact) mass is 293 g/mol. The normalized spacial score (nSPS) is 17.2. The molecule has 0 unspecified atom stereocenters. The number of hydrogen-bond acceptors (Lipinski definition) is 2. The van der Waals surface area contributed by atoms with Crippen molar-refractivity contribution in [1.82, 2.24) is 5.32 Å². The Morgan fingerprint density at radius 3 is 2.33 bits per heavy atom. The maximum atomic E-state index is 13.1. The van der Waals surface area contributed by atoms with E-state index in [4.69, 9.17) is 5.11 Å². The smallest absolute Gasteiger partial charge is 0.305 e. The number of benzene rings is 1. The largest absolute Gasteiger partial charge is 0.481 e. The van der Waals surface area contributed by atoms with Crippen molar-refractivity contribution in [2.75, 3.05) is 6.54 Å². The van der Waals surface area contributed by atoms with Gasteiger partial charge in [0.25, 0.3) is 0 Å². The van der Waals surface area contributed by atoms with Crippen LogP contribution in [0, 0.1) is 5.82 Å². The highest BCUT2D eigenvalue weighted by Crippen LogP contribution is 2.39. The number of rotatable bonds is 5. The molecule has 1 saturated carbocycles. The second-order valence-electron chi connectivity index (χ2n) is 5.55. The summed E-state index contributed by atoms with van der Waals surface area (Å²) in [6.07, 6.45) is 4.33. The second kappa shape index (κ2) is 6.70. The van der Waals surface area contributed by atoms with Gasteiger partial charge < -0.3 is 10.4 Å². The summed E-state index contributed by atoms with van der Waals surface area (Å²) in [5.74, 6) is -1.40. The lowest BCUT2D eigenvalue weighted by molar-refractivity contribution is -0.137. The highest BCUT2D eigenvalue weighted by molar-refractivity contribution is 5.88. The first kappa shape index (κ1) is 15.5. The van der Waals surface area contributed by atoms with E-state index in [1.54, 1.807) is 12.1 Å². The molecule has 1 fully saturated rings.